The van der Waals surface area contributed by atoms with Crippen LogP contribution in [0.15, 0.2) is 30.5 Å². The molecule has 0 saturated carbocycles. The Morgan fingerprint density at radius 2 is 2.05 bits per heavy atom. The van der Waals surface area contributed by atoms with Gasteiger partial charge in [0.05, 0.1) is 29.1 Å². The Morgan fingerprint density at radius 1 is 1.25 bits per heavy atom. The molecule has 2 aromatic rings. The molecule has 7 heteroatoms. The van der Waals surface area contributed by atoms with Gasteiger partial charge in [0.15, 0.2) is 0 Å². The minimum atomic E-state index is -4.60. The average Bonchev–Trinajstić information content (AvgIpc) is 2.79. The summed E-state index contributed by atoms with van der Waals surface area (Å²) in [4.78, 5) is 19.3. The van der Waals surface area contributed by atoms with Crippen LogP contribution in [0.25, 0.3) is 11.4 Å². The predicted molar refractivity (Wildman–Crippen MR) is 63.6 cm³/mol. The van der Waals surface area contributed by atoms with Gasteiger partial charge < -0.3 is 5.32 Å². The van der Waals surface area contributed by atoms with Crippen molar-refractivity contribution < 1.29 is 18.0 Å². The monoisotopic (exact) mass is 279 g/mol. The number of hydrogen-bond acceptors (Lipinski definition) is 3. The highest BCUT2D eigenvalue weighted by Gasteiger charge is 2.37. The molecule has 0 aromatic carbocycles. The van der Waals surface area contributed by atoms with Crippen LogP contribution in [0.3, 0.4) is 0 Å². The van der Waals surface area contributed by atoms with Crippen LogP contribution in [0.4, 0.5) is 13.2 Å². The fourth-order valence-corrected chi connectivity index (χ4v) is 2.06. The van der Waals surface area contributed by atoms with E-state index in [1.165, 1.54) is 12.3 Å². The van der Waals surface area contributed by atoms with Crippen molar-refractivity contribution in [2.24, 2.45) is 0 Å². The largest absolute Gasteiger partial charge is 0.418 e. The molecule has 3 heterocycles. The van der Waals surface area contributed by atoms with Gasteiger partial charge in [-0.25, -0.2) is 4.98 Å². The third-order valence-electron chi connectivity index (χ3n) is 2.98. The highest BCUT2D eigenvalue weighted by Crippen LogP contribution is 2.37. The van der Waals surface area contributed by atoms with E-state index in [4.69, 9.17) is 0 Å². The second-order valence-electron chi connectivity index (χ2n) is 4.27. The Balaban J connectivity index is 2.26. The number of hydrogen-bond donors (Lipinski definition) is 1. The molecule has 1 aliphatic heterocycles. The topological polar surface area (TPSA) is 54.9 Å². The van der Waals surface area contributed by atoms with Gasteiger partial charge in [0.1, 0.15) is 5.69 Å². The zero-order valence-corrected chi connectivity index (χ0v) is 10.0. The lowest BCUT2D eigenvalue weighted by Gasteiger charge is -2.13. The summed E-state index contributed by atoms with van der Waals surface area (Å²) in [6.45, 7) is 0.131. The van der Waals surface area contributed by atoms with Gasteiger partial charge in [0.2, 0.25) is 0 Å². The first-order chi connectivity index (χ1) is 9.47. The maximum atomic E-state index is 13.1. The standard InChI is InChI=1S/C13H8F3N3O/c14-13(15,16)8-5-7-10(6-18-12(7)20)19-11(8)9-3-1-2-4-17-9/h1-5H,6H2,(H,18,20). The molecule has 20 heavy (non-hydrogen) atoms. The minimum absolute atomic E-state index is 0.0305. The summed E-state index contributed by atoms with van der Waals surface area (Å²) in [7, 11) is 0. The lowest BCUT2D eigenvalue weighted by atomic mass is 10.1. The van der Waals surface area contributed by atoms with E-state index >= 15 is 0 Å². The number of amides is 1. The Morgan fingerprint density at radius 3 is 2.70 bits per heavy atom. The van der Waals surface area contributed by atoms with Crippen molar-refractivity contribution in [1.82, 2.24) is 15.3 Å². The van der Waals surface area contributed by atoms with Crippen molar-refractivity contribution in [3.63, 3.8) is 0 Å². The van der Waals surface area contributed by atoms with E-state index < -0.39 is 17.6 Å². The molecule has 1 N–H and O–H groups in total. The summed E-state index contributed by atoms with van der Waals surface area (Å²) in [5.74, 6) is -0.537. The predicted octanol–water partition coefficient (Wildman–Crippen LogP) is 2.41. The number of nitrogens with zero attached hydrogens (tertiary/aromatic N) is 2. The molecule has 2 aromatic heterocycles. The second-order valence-corrected chi connectivity index (χ2v) is 4.27. The van der Waals surface area contributed by atoms with Crippen molar-refractivity contribution in [3.8, 4) is 11.4 Å². The molecule has 0 spiro atoms. The van der Waals surface area contributed by atoms with Crippen LogP contribution >= 0.6 is 0 Å². The van der Waals surface area contributed by atoms with Gasteiger partial charge in [0.25, 0.3) is 5.91 Å². The van der Waals surface area contributed by atoms with Crippen LogP contribution in [0.1, 0.15) is 21.6 Å². The molecular formula is C13H8F3N3O. The summed E-state index contributed by atoms with van der Waals surface area (Å²) in [6.07, 6.45) is -3.20. The van der Waals surface area contributed by atoms with Gasteiger partial charge in [0, 0.05) is 6.20 Å². The molecule has 1 aliphatic rings. The van der Waals surface area contributed by atoms with E-state index in [0.29, 0.717) is 5.69 Å². The van der Waals surface area contributed by atoms with Gasteiger partial charge >= 0.3 is 6.18 Å². The number of halogens is 3. The fourth-order valence-electron chi connectivity index (χ4n) is 2.06. The van der Waals surface area contributed by atoms with Crippen LogP contribution in [0.2, 0.25) is 0 Å². The van der Waals surface area contributed by atoms with Gasteiger partial charge in [-0.15, -0.1) is 0 Å². The molecule has 0 aliphatic carbocycles. The molecule has 0 fully saturated rings. The molecular weight excluding hydrogens is 271 g/mol. The van der Waals surface area contributed by atoms with Crippen LogP contribution in [0, 0.1) is 0 Å². The van der Waals surface area contributed by atoms with Gasteiger partial charge in [-0.3, -0.25) is 9.78 Å². The zero-order valence-electron chi connectivity index (χ0n) is 10.0. The molecule has 1 amide bonds. The molecule has 3 rings (SSSR count). The summed E-state index contributed by atoms with van der Waals surface area (Å²) < 4.78 is 39.4. The lowest BCUT2D eigenvalue weighted by Crippen LogP contribution is -2.14. The van der Waals surface area contributed by atoms with Crippen LogP contribution in [0.5, 0.6) is 0 Å². The van der Waals surface area contributed by atoms with Gasteiger partial charge in [-0.1, -0.05) is 6.07 Å². The van der Waals surface area contributed by atoms with Crippen molar-refractivity contribution in [1.29, 1.82) is 0 Å². The van der Waals surface area contributed by atoms with Crippen LogP contribution in [-0.2, 0) is 12.7 Å². The number of rotatable bonds is 1. The number of nitrogens with one attached hydrogen (secondary N) is 1. The zero-order chi connectivity index (χ0) is 14.3. The Hall–Kier alpha value is -2.44. The fraction of sp³-hybridized carbons (Fsp3) is 0.154. The molecule has 0 saturated heterocycles. The van der Waals surface area contributed by atoms with E-state index in [1.54, 1.807) is 12.1 Å². The van der Waals surface area contributed by atoms with Crippen molar-refractivity contribution in [2.75, 3.05) is 0 Å². The summed E-state index contributed by atoms with van der Waals surface area (Å²) in [6, 6.07) is 5.48. The number of aromatic nitrogens is 2. The molecule has 102 valence electrons. The normalized spacial score (nSPS) is 14.1. The van der Waals surface area contributed by atoms with Gasteiger partial charge in [-0.05, 0) is 18.2 Å². The second kappa shape index (κ2) is 4.29. The first-order valence-corrected chi connectivity index (χ1v) is 5.77. The lowest BCUT2D eigenvalue weighted by molar-refractivity contribution is -0.137. The molecule has 0 unspecified atom stereocenters. The third kappa shape index (κ3) is 2.01. The third-order valence-corrected chi connectivity index (χ3v) is 2.98. The molecule has 4 nitrogen and oxygen atoms in total. The number of fused-ring (bicyclic) bond motifs is 1. The number of carbonyl (C=O) groups excluding carboxylic acids is 1. The van der Waals surface area contributed by atoms with E-state index in [9.17, 15) is 18.0 Å². The van der Waals surface area contributed by atoms with Crippen LogP contribution in [-0.4, -0.2) is 15.9 Å². The SMILES string of the molecule is O=C1NCc2nc(-c3ccccn3)c(C(F)(F)F)cc21. The smallest absolute Gasteiger partial charge is 0.346 e. The van der Waals surface area contributed by atoms with E-state index in [-0.39, 0.29) is 23.5 Å². The highest BCUT2D eigenvalue weighted by atomic mass is 19.4. The van der Waals surface area contributed by atoms with Crippen molar-refractivity contribution >= 4 is 5.91 Å². The first kappa shape index (κ1) is 12.6. The quantitative estimate of drug-likeness (QED) is 0.872. The molecule has 0 atom stereocenters. The van der Waals surface area contributed by atoms with E-state index in [0.717, 1.165) is 6.07 Å². The average molecular weight is 279 g/mol. The highest BCUT2D eigenvalue weighted by molar-refractivity contribution is 5.98. The maximum Gasteiger partial charge on any atom is 0.418 e. The van der Waals surface area contributed by atoms with Crippen molar-refractivity contribution in [2.45, 2.75) is 12.7 Å². The maximum absolute atomic E-state index is 13.1. The Bertz CT molecular complexity index is 683. The van der Waals surface area contributed by atoms with E-state index in [2.05, 4.69) is 15.3 Å². The molecule has 0 radical (unpaired) electrons. The first-order valence-electron chi connectivity index (χ1n) is 5.77. The Labute approximate surface area is 111 Å². The van der Waals surface area contributed by atoms with Crippen molar-refractivity contribution in [3.05, 3.63) is 47.3 Å². The van der Waals surface area contributed by atoms with E-state index in [1.807, 2.05) is 0 Å². The number of alkyl halides is 3. The molecule has 0 bridgehead atoms. The minimum Gasteiger partial charge on any atom is -0.346 e. The summed E-state index contributed by atoms with van der Waals surface area (Å²) in [5.41, 5.74) is -0.803. The Kier molecular flexibility index (Phi) is 2.70. The van der Waals surface area contributed by atoms with Crippen LogP contribution < -0.4 is 5.32 Å². The number of pyridine rings is 2. The number of carbonyl (C=O) groups is 1. The summed E-state index contributed by atoms with van der Waals surface area (Å²) >= 11 is 0. The summed E-state index contributed by atoms with van der Waals surface area (Å²) in [5, 5.41) is 2.45. The van der Waals surface area contributed by atoms with Gasteiger partial charge in [-0.2, -0.15) is 13.2 Å².